The van der Waals surface area contributed by atoms with Gasteiger partial charge in [-0.2, -0.15) is 0 Å². The molecule has 0 unspecified atom stereocenters. The molecule has 5 heteroatoms. The van der Waals surface area contributed by atoms with Gasteiger partial charge in [-0.05, 0) is 36.3 Å². The van der Waals surface area contributed by atoms with Gasteiger partial charge in [-0.1, -0.05) is 30.7 Å². The quantitative estimate of drug-likeness (QED) is 0.853. The molecule has 2 rings (SSSR count). The predicted octanol–water partition coefficient (Wildman–Crippen LogP) is 3.44. The number of carbonyl (C=O) groups excluding carboxylic acids is 1. The molecule has 1 fully saturated rings. The average Bonchev–Trinajstić information content (AvgIpc) is 2.39. The van der Waals surface area contributed by atoms with Crippen LogP contribution in [0.15, 0.2) is 24.3 Å². The van der Waals surface area contributed by atoms with Gasteiger partial charge in [0.2, 0.25) is 0 Å². The van der Waals surface area contributed by atoms with E-state index >= 15 is 0 Å². The number of Topliss-reactive ketones (excluding diaryl/α,β-unsaturated/α-hetero) is 1. The first kappa shape index (κ1) is 15.1. The minimum atomic E-state index is -1.07. The Bertz CT molecular complexity index is 504. The SMILES string of the molecule is CC[C@@]1(C(=O)Cc2cccc(Cl)c2)SCCC[S@]1=O. The molecule has 1 aliphatic heterocycles. The van der Waals surface area contributed by atoms with Crippen molar-refractivity contribution in [3.63, 3.8) is 0 Å². The van der Waals surface area contributed by atoms with Gasteiger partial charge in [-0.3, -0.25) is 9.00 Å². The third kappa shape index (κ3) is 3.23. The molecule has 0 N–H and O–H groups in total. The fourth-order valence-electron chi connectivity index (χ4n) is 2.29. The number of hydrogen-bond donors (Lipinski definition) is 0. The van der Waals surface area contributed by atoms with E-state index in [-0.39, 0.29) is 5.78 Å². The molecule has 1 aromatic carbocycles. The van der Waals surface area contributed by atoms with Gasteiger partial charge in [0, 0.05) is 28.0 Å². The maximum atomic E-state index is 12.6. The van der Waals surface area contributed by atoms with E-state index in [1.807, 2.05) is 19.1 Å². The third-order valence-corrected chi connectivity index (χ3v) is 7.85. The van der Waals surface area contributed by atoms with E-state index in [9.17, 15) is 9.00 Å². The molecule has 0 aliphatic carbocycles. The Balaban J connectivity index is 2.19. The zero-order valence-electron chi connectivity index (χ0n) is 10.9. The number of carbonyl (C=O) groups is 1. The van der Waals surface area contributed by atoms with Crippen LogP contribution < -0.4 is 0 Å². The Morgan fingerprint density at radius 1 is 1.53 bits per heavy atom. The van der Waals surface area contributed by atoms with Crippen LogP contribution in [0, 0.1) is 0 Å². The molecule has 0 saturated carbocycles. The lowest BCUT2D eigenvalue weighted by molar-refractivity contribution is -0.118. The molecule has 1 aliphatic rings. The lowest BCUT2D eigenvalue weighted by Gasteiger charge is -2.33. The Morgan fingerprint density at radius 3 is 2.95 bits per heavy atom. The van der Waals surface area contributed by atoms with E-state index in [1.165, 1.54) is 0 Å². The Hall–Kier alpha value is -0.320. The summed E-state index contributed by atoms with van der Waals surface area (Å²) in [6.07, 6.45) is 1.88. The van der Waals surface area contributed by atoms with Crippen LogP contribution in [-0.2, 0) is 22.0 Å². The molecule has 0 aromatic heterocycles. The largest absolute Gasteiger partial charge is 0.297 e. The molecular weight excluding hydrogens is 300 g/mol. The zero-order valence-corrected chi connectivity index (χ0v) is 13.2. The lowest BCUT2D eigenvalue weighted by Crippen LogP contribution is -2.44. The average molecular weight is 317 g/mol. The van der Waals surface area contributed by atoms with Crippen LogP contribution in [0.5, 0.6) is 0 Å². The number of benzene rings is 1. The highest BCUT2D eigenvalue weighted by molar-refractivity contribution is 8.14. The fourth-order valence-corrected chi connectivity index (χ4v) is 6.15. The van der Waals surface area contributed by atoms with Gasteiger partial charge in [0.25, 0.3) is 0 Å². The van der Waals surface area contributed by atoms with Crippen LogP contribution in [-0.4, -0.2) is 25.6 Å². The highest BCUT2D eigenvalue weighted by atomic mass is 35.5. The molecule has 0 amide bonds. The van der Waals surface area contributed by atoms with E-state index in [2.05, 4.69) is 0 Å². The van der Waals surface area contributed by atoms with Crippen molar-refractivity contribution in [2.24, 2.45) is 0 Å². The first-order valence-corrected chi connectivity index (χ1v) is 9.07. The van der Waals surface area contributed by atoms with Crippen molar-refractivity contribution < 1.29 is 9.00 Å². The van der Waals surface area contributed by atoms with Crippen molar-refractivity contribution in [1.29, 1.82) is 0 Å². The fraction of sp³-hybridized carbons (Fsp3) is 0.500. The normalized spacial score (nSPS) is 27.2. The Kier molecular flexibility index (Phi) is 5.09. The molecule has 1 saturated heterocycles. The van der Waals surface area contributed by atoms with Crippen LogP contribution in [0.3, 0.4) is 0 Å². The van der Waals surface area contributed by atoms with Gasteiger partial charge < -0.3 is 0 Å². The molecule has 2 atom stereocenters. The lowest BCUT2D eigenvalue weighted by atomic mass is 10.1. The van der Waals surface area contributed by atoms with Gasteiger partial charge in [0.1, 0.15) is 4.08 Å². The summed E-state index contributed by atoms with van der Waals surface area (Å²) in [5, 5.41) is 0.633. The summed E-state index contributed by atoms with van der Waals surface area (Å²) in [7, 11) is -1.07. The summed E-state index contributed by atoms with van der Waals surface area (Å²) < 4.78 is 11.6. The second-order valence-corrected chi connectivity index (χ2v) is 8.47. The molecule has 0 bridgehead atoms. The van der Waals surface area contributed by atoms with Crippen molar-refractivity contribution in [2.75, 3.05) is 11.5 Å². The second kappa shape index (κ2) is 6.42. The maximum Gasteiger partial charge on any atom is 0.165 e. The van der Waals surface area contributed by atoms with Crippen LogP contribution in [0.2, 0.25) is 5.02 Å². The monoisotopic (exact) mass is 316 g/mol. The summed E-state index contributed by atoms with van der Waals surface area (Å²) in [4.78, 5) is 12.6. The van der Waals surface area contributed by atoms with Crippen molar-refractivity contribution in [1.82, 2.24) is 0 Å². The zero-order chi connectivity index (χ0) is 13.9. The molecule has 104 valence electrons. The maximum absolute atomic E-state index is 12.6. The smallest absolute Gasteiger partial charge is 0.165 e. The summed E-state index contributed by atoms with van der Waals surface area (Å²) in [5.74, 6) is 1.63. The van der Waals surface area contributed by atoms with Crippen LogP contribution in [0.4, 0.5) is 0 Å². The Morgan fingerprint density at radius 2 is 2.32 bits per heavy atom. The number of hydrogen-bond acceptors (Lipinski definition) is 3. The van der Waals surface area contributed by atoms with Crippen LogP contribution in [0.1, 0.15) is 25.3 Å². The van der Waals surface area contributed by atoms with Crippen molar-refractivity contribution in [2.45, 2.75) is 30.3 Å². The highest BCUT2D eigenvalue weighted by Crippen LogP contribution is 2.39. The van der Waals surface area contributed by atoms with Crippen molar-refractivity contribution >= 4 is 39.9 Å². The number of rotatable bonds is 4. The van der Waals surface area contributed by atoms with Gasteiger partial charge in [0.05, 0.1) is 0 Å². The van der Waals surface area contributed by atoms with Crippen LogP contribution >= 0.6 is 23.4 Å². The van der Waals surface area contributed by atoms with Crippen molar-refractivity contribution in [3.8, 4) is 0 Å². The minimum Gasteiger partial charge on any atom is -0.297 e. The van der Waals surface area contributed by atoms with Crippen LogP contribution in [0.25, 0.3) is 0 Å². The molecule has 2 nitrogen and oxygen atoms in total. The molecule has 1 heterocycles. The third-order valence-electron chi connectivity index (χ3n) is 3.32. The number of halogens is 1. The summed E-state index contributed by atoms with van der Waals surface area (Å²) in [6.45, 7) is 1.95. The number of thioether (sulfide) groups is 1. The van der Waals surface area contributed by atoms with Gasteiger partial charge >= 0.3 is 0 Å². The van der Waals surface area contributed by atoms with E-state index in [4.69, 9.17) is 11.6 Å². The van der Waals surface area contributed by atoms with Gasteiger partial charge in [-0.15, -0.1) is 11.8 Å². The standard InChI is InChI=1S/C14H17ClO2S2/c1-2-14(18-7-4-8-19(14)17)13(16)10-11-5-3-6-12(15)9-11/h3,5-6,9H,2,4,7-8,10H2,1H3/t14-,19-/m1/s1. The van der Waals surface area contributed by atoms with Gasteiger partial charge in [-0.25, -0.2) is 0 Å². The van der Waals surface area contributed by atoms with E-state index in [0.717, 1.165) is 17.7 Å². The van der Waals surface area contributed by atoms with E-state index in [1.54, 1.807) is 23.9 Å². The summed E-state index contributed by atoms with van der Waals surface area (Å²) in [6, 6.07) is 7.33. The van der Waals surface area contributed by atoms with Gasteiger partial charge in [0.15, 0.2) is 5.78 Å². The molecule has 19 heavy (non-hydrogen) atoms. The summed E-state index contributed by atoms with van der Waals surface area (Å²) in [5.41, 5.74) is 0.897. The number of ketones is 1. The molecular formula is C14H17ClO2S2. The summed E-state index contributed by atoms with van der Waals surface area (Å²) >= 11 is 7.50. The first-order chi connectivity index (χ1) is 9.08. The molecule has 0 spiro atoms. The second-order valence-electron chi connectivity index (χ2n) is 4.59. The topological polar surface area (TPSA) is 34.1 Å². The Labute approximate surface area is 125 Å². The van der Waals surface area contributed by atoms with E-state index in [0.29, 0.717) is 23.6 Å². The highest BCUT2D eigenvalue weighted by Gasteiger charge is 2.44. The van der Waals surface area contributed by atoms with E-state index < -0.39 is 14.9 Å². The first-order valence-electron chi connectivity index (χ1n) is 6.38. The minimum absolute atomic E-state index is 0.0697. The van der Waals surface area contributed by atoms with Crippen molar-refractivity contribution in [3.05, 3.63) is 34.9 Å². The molecule has 1 aromatic rings. The molecule has 0 radical (unpaired) electrons. The predicted molar refractivity (Wildman–Crippen MR) is 83.3 cm³/mol.